The Kier molecular flexibility index (Phi) is 1.62. The van der Waals surface area contributed by atoms with E-state index in [1.165, 1.54) is 0 Å². The van der Waals surface area contributed by atoms with Crippen LogP contribution in [0.1, 0.15) is 5.69 Å². The second-order valence-electron chi connectivity index (χ2n) is 1.20. The van der Waals surface area contributed by atoms with Gasteiger partial charge in [0.2, 0.25) is 0 Å². The smallest absolute Gasteiger partial charge is 0.150 e. The Labute approximate surface area is 60.3 Å². The molecule has 0 spiro atoms. The first-order valence-corrected chi connectivity index (χ1v) is 3.11. The van der Waals surface area contributed by atoms with Gasteiger partial charge in [-0.15, -0.1) is 5.10 Å². The highest BCUT2D eigenvalue weighted by molar-refractivity contribution is 14.1. The molecule has 1 rings (SSSR count). The number of nitrogens with one attached hydrogen (secondary N) is 1. The van der Waals surface area contributed by atoms with Gasteiger partial charge in [0.25, 0.3) is 0 Å². The van der Waals surface area contributed by atoms with Crippen LogP contribution in [0.4, 0.5) is 0 Å². The van der Waals surface area contributed by atoms with Gasteiger partial charge in [-0.05, 0) is 28.7 Å². The van der Waals surface area contributed by atoms with Gasteiger partial charge < -0.3 is 0 Å². The predicted molar refractivity (Wildman–Crippen MR) is 39.2 cm³/mol. The standard InChI is InChI=1S/C4H4IN3/c1-2-3-4(5)7-8-6-3/h2H,1H2,(H,6,7,8). The number of H-pyrrole nitrogens is 1. The molecule has 1 aromatic rings. The van der Waals surface area contributed by atoms with Crippen molar-refractivity contribution in [1.29, 1.82) is 0 Å². The second-order valence-corrected chi connectivity index (χ2v) is 2.23. The Balaban J connectivity index is 3.09. The SMILES string of the molecule is C=Cc1n[nH]nc1I. The van der Waals surface area contributed by atoms with Crippen molar-refractivity contribution in [3.63, 3.8) is 0 Å². The summed E-state index contributed by atoms with van der Waals surface area (Å²) in [6.07, 6.45) is 1.66. The van der Waals surface area contributed by atoms with E-state index in [1.807, 2.05) is 0 Å². The van der Waals surface area contributed by atoms with Crippen LogP contribution in [-0.2, 0) is 0 Å². The van der Waals surface area contributed by atoms with Gasteiger partial charge in [-0.2, -0.15) is 10.3 Å². The van der Waals surface area contributed by atoms with E-state index >= 15 is 0 Å². The van der Waals surface area contributed by atoms with Crippen LogP contribution in [-0.4, -0.2) is 15.4 Å². The van der Waals surface area contributed by atoms with Crippen LogP contribution in [0.25, 0.3) is 6.08 Å². The molecule has 0 amide bonds. The van der Waals surface area contributed by atoms with E-state index in [9.17, 15) is 0 Å². The highest BCUT2D eigenvalue weighted by Gasteiger charge is 1.95. The summed E-state index contributed by atoms with van der Waals surface area (Å²) in [4.78, 5) is 0. The number of rotatable bonds is 1. The minimum absolute atomic E-state index is 0.811. The number of aromatic amines is 1. The van der Waals surface area contributed by atoms with Crippen molar-refractivity contribution in [2.24, 2.45) is 0 Å². The van der Waals surface area contributed by atoms with Gasteiger partial charge in [0.05, 0.1) is 0 Å². The molecule has 1 aromatic heterocycles. The third kappa shape index (κ3) is 0.885. The maximum Gasteiger partial charge on any atom is 0.150 e. The van der Waals surface area contributed by atoms with E-state index in [-0.39, 0.29) is 0 Å². The fourth-order valence-electron chi connectivity index (χ4n) is 0.356. The lowest BCUT2D eigenvalue weighted by Crippen LogP contribution is -1.71. The molecular weight excluding hydrogens is 217 g/mol. The van der Waals surface area contributed by atoms with Gasteiger partial charge in [0.15, 0.2) is 3.70 Å². The van der Waals surface area contributed by atoms with Gasteiger partial charge >= 0.3 is 0 Å². The quantitative estimate of drug-likeness (QED) is 0.720. The molecule has 1 N–H and O–H groups in total. The largest absolute Gasteiger partial charge is 0.196 e. The summed E-state index contributed by atoms with van der Waals surface area (Å²) in [5, 5.41) is 10.0. The predicted octanol–water partition coefficient (Wildman–Crippen LogP) is 1.05. The lowest BCUT2D eigenvalue weighted by molar-refractivity contribution is 0.931. The van der Waals surface area contributed by atoms with Gasteiger partial charge in [0.1, 0.15) is 5.69 Å². The maximum absolute atomic E-state index is 3.77. The molecule has 0 aliphatic carbocycles. The summed E-state index contributed by atoms with van der Waals surface area (Å²) in [5.74, 6) is 0. The maximum atomic E-state index is 3.77. The Morgan fingerprint density at radius 2 is 2.38 bits per heavy atom. The lowest BCUT2D eigenvalue weighted by Gasteiger charge is -1.75. The molecule has 0 bridgehead atoms. The molecule has 0 aliphatic rings. The summed E-state index contributed by atoms with van der Waals surface area (Å²) in [5.41, 5.74) is 0.811. The topological polar surface area (TPSA) is 41.6 Å². The summed E-state index contributed by atoms with van der Waals surface area (Å²) < 4.78 is 0.859. The number of hydrogen-bond donors (Lipinski definition) is 1. The molecule has 0 fully saturated rings. The fourth-order valence-corrected chi connectivity index (χ4v) is 0.805. The lowest BCUT2D eigenvalue weighted by atomic mass is 10.5. The van der Waals surface area contributed by atoms with E-state index in [2.05, 4.69) is 44.6 Å². The minimum Gasteiger partial charge on any atom is -0.196 e. The van der Waals surface area contributed by atoms with Gasteiger partial charge in [-0.1, -0.05) is 6.58 Å². The van der Waals surface area contributed by atoms with E-state index in [4.69, 9.17) is 0 Å². The first-order valence-electron chi connectivity index (χ1n) is 2.03. The summed E-state index contributed by atoms with van der Waals surface area (Å²) in [7, 11) is 0. The van der Waals surface area contributed by atoms with Crippen LogP contribution in [0.3, 0.4) is 0 Å². The normalized spacial score (nSPS) is 9.12. The van der Waals surface area contributed by atoms with Crippen LogP contribution in [0.15, 0.2) is 6.58 Å². The Morgan fingerprint density at radius 1 is 1.62 bits per heavy atom. The average Bonchev–Trinajstić information content (AvgIpc) is 2.14. The number of hydrogen-bond acceptors (Lipinski definition) is 2. The molecule has 8 heavy (non-hydrogen) atoms. The zero-order chi connectivity index (χ0) is 5.98. The molecule has 0 saturated carbocycles. The zero-order valence-corrected chi connectivity index (χ0v) is 6.21. The van der Waals surface area contributed by atoms with Gasteiger partial charge in [-0.3, -0.25) is 0 Å². The van der Waals surface area contributed by atoms with Gasteiger partial charge in [0, 0.05) is 0 Å². The Bertz CT molecular complexity index is 193. The zero-order valence-electron chi connectivity index (χ0n) is 4.06. The van der Waals surface area contributed by atoms with Crippen molar-refractivity contribution in [3.05, 3.63) is 16.0 Å². The van der Waals surface area contributed by atoms with Crippen LogP contribution >= 0.6 is 22.6 Å². The van der Waals surface area contributed by atoms with Crippen molar-refractivity contribution < 1.29 is 0 Å². The Morgan fingerprint density at radius 3 is 2.62 bits per heavy atom. The minimum atomic E-state index is 0.811. The number of nitrogens with zero attached hydrogens (tertiary/aromatic N) is 2. The second kappa shape index (κ2) is 2.25. The molecule has 0 radical (unpaired) electrons. The van der Waals surface area contributed by atoms with E-state index in [1.54, 1.807) is 6.08 Å². The molecular formula is C4H4IN3. The first-order chi connectivity index (χ1) is 3.84. The average molecular weight is 221 g/mol. The van der Waals surface area contributed by atoms with Crippen molar-refractivity contribution >= 4 is 28.7 Å². The molecule has 3 nitrogen and oxygen atoms in total. The van der Waals surface area contributed by atoms with Crippen molar-refractivity contribution in [2.75, 3.05) is 0 Å². The van der Waals surface area contributed by atoms with Crippen LogP contribution < -0.4 is 0 Å². The van der Waals surface area contributed by atoms with Crippen molar-refractivity contribution in [1.82, 2.24) is 15.4 Å². The van der Waals surface area contributed by atoms with Crippen LogP contribution in [0, 0.1) is 3.70 Å². The summed E-state index contributed by atoms with van der Waals surface area (Å²) >= 11 is 2.08. The van der Waals surface area contributed by atoms with Crippen molar-refractivity contribution in [3.8, 4) is 0 Å². The molecule has 42 valence electrons. The molecule has 1 heterocycles. The summed E-state index contributed by atoms with van der Waals surface area (Å²) in [6.45, 7) is 3.54. The Hall–Kier alpha value is -0.390. The molecule has 0 aromatic carbocycles. The third-order valence-corrected chi connectivity index (χ3v) is 1.52. The van der Waals surface area contributed by atoms with Gasteiger partial charge in [-0.25, -0.2) is 0 Å². The highest BCUT2D eigenvalue weighted by atomic mass is 127. The molecule has 0 aliphatic heterocycles. The number of aromatic nitrogens is 3. The molecule has 0 atom stereocenters. The van der Waals surface area contributed by atoms with Crippen LogP contribution in [0.2, 0.25) is 0 Å². The third-order valence-electron chi connectivity index (χ3n) is 0.723. The fraction of sp³-hybridized carbons (Fsp3) is 0. The summed E-state index contributed by atoms with van der Waals surface area (Å²) in [6, 6.07) is 0. The van der Waals surface area contributed by atoms with Crippen molar-refractivity contribution in [2.45, 2.75) is 0 Å². The van der Waals surface area contributed by atoms with E-state index in [0.717, 1.165) is 9.39 Å². The van der Waals surface area contributed by atoms with E-state index in [0.29, 0.717) is 0 Å². The highest BCUT2D eigenvalue weighted by Crippen LogP contribution is 2.03. The van der Waals surface area contributed by atoms with Crippen LogP contribution in [0.5, 0.6) is 0 Å². The first kappa shape index (κ1) is 5.74. The number of halogens is 1. The molecule has 4 heteroatoms. The van der Waals surface area contributed by atoms with E-state index < -0.39 is 0 Å². The molecule has 0 unspecified atom stereocenters. The molecule has 0 saturated heterocycles. The monoisotopic (exact) mass is 221 g/mol.